The third-order valence-corrected chi connectivity index (χ3v) is 16.2. The van der Waals surface area contributed by atoms with Crippen molar-refractivity contribution in [3.05, 3.63) is 198 Å². The van der Waals surface area contributed by atoms with Crippen LogP contribution in [0.3, 0.4) is 0 Å². The average molecular weight is 844 g/mol. The van der Waals surface area contributed by atoms with Crippen molar-refractivity contribution in [2.45, 2.75) is 38.5 Å². The molecule has 63 heavy (non-hydrogen) atoms. The minimum absolute atomic E-state index is 0.172. The highest BCUT2D eigenvalue weighted by Crippen LogP contribution is 2.53. The van der Waals surface area contributed by atoms with E-state index >= 15 is 0 Å². The maximum Gasteiger partial charge on any atom is 0.162 e. The number of hydrogen-bond donors (Lipinski definition) is 0. The lowest BCUT2D eigenvalue weighted by molar-refractivity contribution is 0.660. The fraction of sp³-hybridized carbons (Fsp3) is 0.103. The summed E-state index contributed by atoms with van der Waals surface area (Å²) in [6, 6.07) is 65.0. The van der Waals surface area contributed by atoms with Gasteiger partial charge >= 0.3 is 0 Å². The Bertz CT molecular complexity index is 3480. The summed E-state index contributed by atoms with van der Waals surface area (Å²) < 4.78 is 5.11. The molecular weight excluding hydrogens is 803 g/mol. The van der Waals surface area contributed by atoms with Crippen LogP contribution in [0.15, 0.2) is 176 Å². The summed E-state index contributed by atoms with van der Waals surface area (Å²) in [5.41, 5.74) is 15.3. The van der Waals surface area contributed by atoms with Gasteiger partial charge in [-0.15, -0.1) is 22.7 Å². The van der Waals surface area contributed by atoms with Crippen LogP contribution in [0.2, 0.25) is 0 Å². The summed E-state index contributed by atoms with van der Waals surface area (Å²) in [5.74, 6) is 1.52. The van der Waals surface area contributed by atoms with Gasteiger partial charge in [-0.05, 0) is 111 Å². The number of fused-ring (bicyclic) bond motifs is 12. The minimum atomic E-state index is -0.172. The first-order chi connectivity index (χ1) is 30.7. The van der Waals surface area contributed by atoms with Gasteiger partial charge in [0.25, 0.3) is 0 Å². The molecule has 0 spiro atoms. The molecule has 0 saturated carbocycles. The number of rotatable bonds is 5. The lowest BCUT2D eigenvalue weighted by atomic mass is 9.82. The SMILES string of the molecule is CC1(C)c2ccccc2-c2ccc(N(c3ccc4c(c3)C(C)(C)c3ccccc3-4)c3cc(-c4ccc5sc6ccccc6c5c4)nc(-c4ccc5sc6ccccc6c5c4)n3)cc21. The van der Waals surface area contributed by atoms with Gasteiger partial charge in [0.2, 0.25) is 0 Å². The number of hydrogen-bond acceptors (Lipinski definition) is 5. The van der Waals surface area contributed by atoms with E-state index < -0.39 is 0 Å². The maximum atomic E-state index is 5.61. The third kappa shape index (κ3) is 5.43. The molecule has 0 aliphatic heterocycles. The van der Waals surface area contributed by atoms with Crippen molar-refractivity contribution in [1.29, 1.82) is 0 Å². The molecule has 5 heteroatoms. The summed E-state index contributed by atoms with van der Waals surface area (Å²) in [7, 11) is 0. The molecule has 2 aliphatic carbocycles. The van der Waals surface area contributed by atoms with Crippen LogP contribution in [0.25, 0.3) is 85.2 Å². The van der Waals surface area contributed by atoms with E-state index in [0.29, 0.717) is 5.82 Å². The van der Waals surface area contributed by atoms with Crippen LogP contribution >= 0.6 is 22.7 Å². The first-order valence-electron chi connectivity index (χ1n) is 21.7. The molecule has 3 heterocycles. The summed E-state index contributed by atoms with van der Waals surface area (Å²) in [6.07, 6.45) is 0. The third-order valence-electron chi connectivity index (χ3n) is 13.9. The van der Waals surface area contributed by atoms with Gasteiger partial charge in [-0.25, -0.2) is 9.97 Å². The Hall–Kier alpha value is -6.92. The van der Waals surface area contributed by atoms with Gasteiger partial charge in [-0.1, -0.05) is 131 Å². The number of aromatic nitrogens is 2. The average Bonchev–Trinajstić information content (AvgIpc) is 4.01. The van der Waals surface area contributed by atoms with Crippen LogP contribution in [-0.4, -0.2) is 9.97 Å². The maximum absolute atomic E-state index is 5.61. The van der Waals surface area contributed by atoms with Crippen molar-refractivity contribution in [2.75, 3.05) is 4.90 Å². The molecule has 8 aromatic carbocycles. The number of thiophene rings is 2. The summed E-state index contributed by atoms with van der Waals surface area (Å²) >= 11 is 3.67. The molecule has 13 rings (SSSR count). The van der Waals surface area contributed by atoms with E-state index in [-0.39, 0.29) is 10.8 Å². The van der Waals surface area contributed by atoms with E-state index in [1.807, 2.05) is 22.7 Å². The Morgan fingerprint density at radius 3 is 1.41 bits per heavy atom. The van der Waals surface area contributed by atoms with Gasteiger partial charge in [0.1, 0.15) is 5.82 Å². The van der Waals surface area contributed by atoms with Gasteiger partial charge in [0.05, 0.1) is 5.69 Å². The van der Waals surface area contributed by atoms with E-state index in [4.69, 9.17) is 9.97 Å². The number of anilines is 3. The topological polar surface area (TPSA) is 29.0 Å². The molecule has 0 fully saturated rings. The summed E-state index contributed by atoms with van der Waals surface area (Å²) in [5, 5.41) is 5.01. The Labute approximate surface area is 374 Å². The predicted molar refractivity (Wildman–Crippen MR) is 268 cm³/mol. The summed E-state index contributed by atoms with van der Waals surface area (Å²) in [6.45, 7) is 9.43. The van der Waals surface area contributed by atoms with Gasteiger partial charge in [0.15, 0.2) is 5.82 Å². The fourth-order valence-electron chi connectivity index (χ4n) is 10.7. The molecule has 0 unspecified atom stereocenters. The number of nitrogens with zero attached hydrogens (tertiary/aromatic N) is 3. The molecule has 11 aromatic rings. The highest BCUT2D eigenvalue weighted by Gasteiger charge is 2.38. The van der Waals surface area contributed by atoms with Crippen LogP contribution in [0.4, 0.5) is 17.2 Å². The van der Waals surface area contributed by atoms with Gasteiger partial charge < -0.3 is 0 Å². The van der Waals surface area contributed by atoms with Crippen molar-refractivity contribution in [3.63, 3.8) is 0 Å². The molecule has 0 atom stereocenters. The Morgan fingerprint density at radius 2 is 0.841 bits per heavy atom. The minimum Gasteiger partial charge on any atom is -0.295 e. The normalized spacial score (nSPS) is 14.3. The second-order valence-electron chi connectivity index (χ2n) is 18.2. The molecule has 300 valence electrons. The largest absolute Gasteiger partial charge is 0.295 e. The molecule has 0 radical (unpaired) electrons. The quantitative estimate of drug-likeness (QED) is 0.173. The van der Waals surface area contributed by atoms with Gasteiger partial charge in [0, 0.05) is 79.7 Å². The van der Waals surface area contributed by atoms with Crippen LogP contribution in [0.5, 0.6) is 0 Å². The van der Waals surface area contributed by atoms with E-state index in [9.17, 15) is 0 Å². The first-order valence-corrected chi connectivity index (χ1v) is 23.4. The molecule has 0 amide bonds. The van der Waals surface area contributed by atoms with Crippen LogP contribution in [0.1, 0.15) is 49.9 Å². The van der Waals surface area contributed by atoms with Crippen molar-refractivity contribution in [2.24, 2.45) is 0 Å². The molecule has 0 N–H and O–H groups in total. The van der Waals surface area contributed by atoms with Crippen LogP contribution in [0, 0.1) is 0 Å². The zero-order chi connectivity index (χ0) is 42.2. The van der Waals surface area contributed by atoms with Crippen molar-refractivity contribution < 1.29 is 0 Å². The molecular formula is C58H41N3S2. The molecule has 0 bridgehead atoms. The van der Waals surface area contributed by atoms with E-state index in [1.54, 1.807) is 0 Å². The van der Waals surface area contributed by atoms with Crippen molar-refractivity contribution in [1.82, 2.24) is 9.97 Å². The second-order valence-corrected chi connectivity index (χ2v) is 20.4. The van der Waals surface area contributed by atoms with Crippen molar-refractivity contribution in [3.8, 4) is 44.9 Å². The number of benzene rings is 8. The molecule has 3 aromatic heterocycles. The zero-order valence-electron chi connectivity index (χ0n) is 35.4. The highest BCUT2D eigenvalue weighted by molar-refractivity contribution is 7.26. The van der Waals surface area contributed by atoms with Crippen molar-refractivity contribution >= 4 is 80.2 Å². The molecule has 0 saturated heterocycles. The lowest BCUT2D eigenvalue weighted by Crippen LogP contribution is -2.18. The van der Waals surface area contributed by atoms with Crippen LogP contribution in [-0.2, 0) is 10.8 Å². The van der Waals surface area contributed by atoms with Crippen LogP contribution < -0.4 is 4.90 Å². The Kier molecular flexibility index (Phi) is 7.75. The standard InChI is InChI=1S/C58H41N3S2/c1-57(2)46-17-9-5-13-38(46)40-25-23-36(31-48(40)57)61(37-24-26-41-39-14-6-10-18-47(39)58(3,4)49(41)32-37)55-33-50(34-21-27-53-44(29-34)42-15-7-11-19-51(42)62-53)59-56(60-55)35-22-28-54-45(30-35)43-16-8-12-20-52(43)63-54/h5-33H,1-4H3. The summed E-state index contributed by atoms with van der Waals surface area (Å²) in [4.78, 5) is 13.5. The van der Waals surface area contributed by atoms with Gasteiger partial charge in [-0.3, -0.25) is 4.90 Å². The highest BCUT2D eigenvalue weighted by atomic mass is 32.1. The Balaban J connectivity index is 1.07. The lowest BCUT2D eigenvalue weighted by Gasteiger charge is -2.29. The monoisotopic (exact) mass is 843 g/mol. The second kappa shape index (κ2) is 13.3. The molecule has 2 aliphatic rings. The Morgan fingerprint density at radius 1 is 0.381 bits per heavy atom. The van der Waals surface area contributed by atoms with E-state index in [1.165, 1.54) is 84.9 Å². The molecule has 3 nitrogen and oxygen atoms in total. The predicted octanol–water partition coefficient (Wildman–Crippen LogP) is 16.6. The first kappa shape index (κ1) is 36.7. The van der Waals surface area contributed by atoms with Gasteiger partial charge in [-0.2, -0.15) is 0 Å². The van der Waals surface area contributed by atoms with E-state index in [2.05, 4.69) is 209 Å². The zero-order valence-corrected chi connectivity index (χ0v) is 37.0. The smallest absolute Gasteiger partial charge is 0.162 e. The fourth-order valence-corrected chi connectivity index (χ4v) is 12.8. The van der Waals surface area contributed by atoms with E-state index in [0.717, 1.165) is 34.0 Å².